The van der Waals surface area contributed by atoms with Crippen LogP contribution < -0.4 is 4.74 Å². The molecule has 2 aromatic rings. The SMILES string of the molecule is Oc1cccc(OCC(O)c2ccccc2Cl)c1. The molecule has 0 fully saturated rings. The largest absolute Gasteiger partial charge is 0.508 e. The van der Waals surface area contributed by atoms with Gasteiger partial charge in [0.15, 0.2) is 0 Å². The number of ether oxygens (including phenoxy) is 1. The summed E-state index contributed by atoms with van der Waals surface area (Å²) in [5.41, 5.74) is 0.624. The molecule has 0 bridgehead atoms. The van der Waals surface area contributed by atoms with Gasteiger partial charge in [0.2, 0.25) is 0 Å². The fraction of sp³-hybridized carbons (Fsp3) is 0.143. The third kappa shape index (κ3) is 3.15. The molecule has 0 saturated heterocycles. The van der Waals surface area contributed by atoms with Gasteiger partial charge >= 0.3 is 0 Å². The van der Waals surface area contributed by atoms with E-state index in [0.717, 1.165) is 0 Å². The number of aliphatic hydroxyl groups is 1. The predicted molar refractivity (Wildman–Crippen MR) is 70.0 cm³/mol. The second-order valence-electron chi connectivity index (χ2n) is 3.85. The maximum atomic E-state index is 9.96. The molecule has 0 aliphatic heterocycles. The van der Waals surface area contributed by atoms with E-state index in [9.17, 15) is 10.2 Å². The van der Waals surface area contributed by atoms with Crippen LogP contribution in [0.15, 0.2) is 48.5 Å². The zero-order valence-electron chi connectivity index (χ0n) is 9.58. The predicted octanol–water partition coefficient (Wildman–Crippen LogP) is 3.16. The molecule has 94 valence electrons. The summed E-state index contributed by atoms with van der Waals surface area (Å²) in [6.45, 7) is 0.0766. The van der Waals surface area contributed by atoms with Crippen molar-refractivity contribution in [2.24, 2.45) is 0 Å². The third-order valence-corrected chi connectivity index (χ3v) is 2.83. The lowest BCUT2D eigenvalue weighted by molar-refractivity contribution is 0.108. The monoisotopic (exact) mass is 264 g/mol. The Morgan fingerprint density at radius 2 is 1.89 bits per heavy atom. The molecule has 0 aliphatic rings. The van der Waals surface area contributed by atoms with Gasteiger partial charge in [0.25, 0.3) is 0 Å². The Morgan fingerprint density at radius 3 is 2.61 bits per heavy atom. The molecule has 4 heteroatoms. The summed E-state index contributed by atoms with van der Waals surface area (Å²) in [5.74, 6) is 0.626. The number of aliphatic hydroxyl groups excluding tert-OH is 1. The van der Waals surface area contributed by atoms with E-state index in [1.165, 1.54) is 6.07 Å². The Morgan fingerprint density at radius 1 is 1.11 bits per heavy atom. The normalized spacial score (nSPS) is 12.1. The van der Waals surface area contributed by atoms with E-state index in [-0.39, 0.29) is 12.4 Å². The fourth-order valence-corrected chi connectivity index (χ4v) is 1.85. The van der Waals surface area contributed by atoms with Crippen molar-refractivity contribution in [3.8, 4) is 11.5 Å². The first-order chi connectivity index (χ1) is 8.66. The quantitative estimate of drug-likeness (QED) is 0.892. The first-order valence-corrected chi connectivity index (χ1v) is 5.89. The number of hydrogen-bond acceptors (Lipinski definition) is 3. The lowest BCUT2D eigenvalue weighted by atomic mass is 10.1. The van der Waals surface area contributed by atoms with E-state index in [1.54, 1.807) is 42.5 Å². The number of aromatic hydroxyl groups is 1. The fourth-order valence-electron chi connectivity index (χ4n) is 1.58. The van der Waals surface area contributed by atoms with Crippen LogP contribution in [-0.2, 0) is 0 Å². The summed E-state index contributed by atoms with van der Waals surface area (Å²) in [4.78, 5) is 0. The topological polar surface area (TPSA) is 49.7 Å². The number of phenols is 1. The second kappa shape index (κ2) is 5.76. The number of phenolic OH excluding ortho intramolecular Hbond substituents is 1. The van der Waals surface area contributed by atoms with Crippen LogP contribution in [0.2, 0.25) is 5.02 Å². The standard InChI is InChI=1S/C14H13ClO3/c15-13-7-2-1-6-12(13)14(17)9-18-11-5-3-4-10(16)8-11/h1-8,14,16-17H,9H2. The molecule has 2 N–H and O–H groups in total. The number of halogens is 1. The van der Waals surface area contributed by atoms with Crippen molar-refractivity contribution in [2.45, 2.75) is 6.10 Å². The highest BCUT2D eigenvalue weighted by Crippen LogP contribution is 2.24. The molecule has 2 rings (SSSR count). The number of benzene rings is 2. The molecule has 1 unspecified atom stereocenters. The highest BCUT2D eigenvalue weighted by Gasteiger charge is 2.11. The van der Waals surface area contributed by atoms with Crippen LogP contribution in [0.4, 0.5) is 0 Å². The second-order valence-corrected chi connectivity index (χ2v) is 4.25. The molecule has 0 aromatic heterocycles. The summed E-state index contributed by atoms with van der Waals surface area (Å²) in [6.07, 6.45) is -0.805. The molecule has 0 amide bonds. The molecule has 3 nitrogen and oxygen atoms in total. The third-order valence-electron chi connectivity index (χ3n) is 2.49. The molecule has 0 radical (unpaired) electrons. The zero-order chi connectivity index (χ0) is 13.0. The Hall–Kier alpha value is -1.71. The van der Waals surface area contributed by atoms with E-state index in [1.807, 2.05) is 0 Å². The highest BCUT2D eigenvalue weighted by atomic mass is 35.5. The van der Waals surface area contributed by atoms with Crippen LogP contribution in [0.5, 0.6) is 11.5 Å². The molecule has 18 heavy (non-hydrogen) atoms. The smallest absolute Gasteiger partial charge is 0.123 e. The molecule has 0 aliphatic carbocycles. The molecular formula is C14H13ClO3. The molecule has 0 spiro atoms. The molecule has 0 heterocycles. The van der Waals surface area contributed by atoms with Gasteiger partial charge in [-0.1, -0.05) is 35.9 Å². The minimum atomic E-state index is -0.805. The van der Waals surface area contributed by atoms with Crippen molar-refractivity contribution in [3.63, 3.8) is 0 Å². The van der Waals surface area contributed by atoms with Crippen molar-refractivity contribution in [2.75, 3.05) is 6.61 Å². The van der Waals surface area contributed by atoms with E-state index >= 15 is 0 Å². The summed E-state index contributed by atoms with van der Waals surface area (Å²) in [5, 5.41) is 19.7. The molecule has 1 atom stereocenters. The maximum absolute atomic E-state index is 9.96. The van der Waals surface area contributed by atoms with E-state index in [4.69, 9.17) is 16.3 Å². The Labute approximate surface area is 110 Å². The van der Waals surface area contributed by atoms with Crippen molar-refractivity contribution in [3.05, 3.63) is 59.1 Å². The Balaban J connectivity index is 2.00. The van der Waals surface area contributed by atoms with E-state index in [0.29, 0.717) is 16.3 Å². The first-order valence-electron chi connectivity index (χ1n) is 5.51. The van der Waals surface area contributed by atoms with Gasteiger partial charge in [0, 0.05) is 16.7 Å². The summed E-state index contributed by atoms with van der Waals surface area (Å²) >= 11 is 5.97. The van der Waals surface area contributed by atoms with Gasteiger partial charge in [0.05, 0.1) is 0 Å². The Bertz CT molecular complexity index is 528. The van der Waals surface area contributed by atoms with Gasteiger partial charge in [-0.05, 0) is 18.2 Å². The minimum absolute atomic E-state index is 0.0766. The number of hydrogen-bond donors (Lipinski definition) is 2. The van der Waals surface area contributed by atoms with Crippen molar-refractivity contribution in [1.82, 2.24) is 0 Å². The summed E-state index contributed by atoms with van der Waals surface area (Å²) < 4.78 is 5.39. The van der Waals surface area contributed by atoms with E-state index in [2.05, 4.69) is 0 Å². The molecular weight excluding hydrogens is 252 g/mol. The summed E-state index contributed by atoms with van der Waals surface area (Å²) in [6, 6.07) is 13.5. The van der Waals surface area contributed by atoms with Gasteiger partial charge < -0.3 is 14.9 Å². The van der Waals surface area contributed by atoms with Gasteiger partial charge in [-0.3, -0.25) is 0 Å². The highest BCUT2D eigenvalue weighted by molar-refractivity contribution is 6.31. The summed E-state index contributed by atoms with van der Waals surface area (Å²) in [7, 11) is 0. The van der Waals surface area contributed by atoms with E-state index < -0.39 is 6.10 Å². The first kappa shape index (κ1) is 12.7. The van der Waals surface area contributed by atoms with Crippen molar-refractivity contribution >= 4 is 11.6 Å². The van der Waals surface area contributed by atoms with Crippen LogP contribution in [0.3, 0.4) is 0 Å². The van der Waals surface area contributed by atoms with Crippen LogP contribution in [0.25, 0.3) is 0 Å². The van der Waals surface area contributed by atoms with Crippen molar-refractivity contribution < 1.29 is 14.9 Å². The Kier molecular flexibility index (Phi) is 4.07. The maximum Gasteiger partial charge on any atom is 0.123 e. The average molecular weight is 265 g/mol. The zero-order valence-corrected chi connectivity index (χ0v) is 10.3. The van der Waals surface area contributed by atoms with Crippen molar-refractivity contribution in [1.29, 1.82) is 0 Å². The van der Waals surface area contributed by atoms with Gasteiger partial charge in [-0.15, -0.1) is 0 Å². The van der Waals surface area contributed by atoms with Crippen LogP contribution in [0, 0.1) is 0 Å². The lowest BCUT2D eigenvalue weighted by Crippen LogP contribution is -2.10. The van der Waals surface area contributed by atoms with Crippen LogP contribution >= 0.6 is 11.6 Å². The average Bonchev–Trinajstić information content (AvgIpc) is 2.37. The van der Waals surface area contributed by atoms with Crippen LogP contribution in [0.1, 0.15) is 11.7 Å². The van der Waals surface area contributed by atoms with Gasteiger partial charge in [0.1, 0.15) is 24.2 Å². The molecule has 2 aromatic carbocycles. The lowest BCUT2D eigenvalue weighted by Gasteiger charge is -2.14. The minimum Gasteiger partial charge on any atom is -0.508 e. The van der Waals surface area contributed by atoms with Crippen LogP contribution in [-0.4, -0.2) is 16.8 Å². The number of rotatable bonds is 4. The molecule has 0 saturated carbocycles. The van der Waals surface area contributed by atoms with Gasteiger partial charge in [-0.2, -0.15) is 0 Å². The van der Waals surface area contributed by atoms with Gasteiger partial charge in [-0.25, -0.2) is 0 Å².